The molecule has 4 rings (SSSR count). The predicted molar refractivity (Wildman–Crippen MR) is 114 cm³/mol. The number of hydrogen-bond acceptors (Lipinski definition) is 4. The molecule has 2 N–H and O–H groups in total. The molecular formula is C21H29ClN6O. The van der Waals surface area contributed by atoms with Gasteiger partial charge in [0, 0.05) is 43.8 Å². The number of fused-ring (bicyclic) bond motifs is 1. The van der Waals surface area contributed by atoms with E-state index >= 15 is 0 Å². The fourth-order valence-electron chi connectivity index (χ4n) is 4.41. The number of aliphatic imine (C=N–C) groups is 1. The minimum Gasteiger partial charge on any atom is -0.381 e. The van der Waals surface area contributed by atoms with E-state index in [9.17, 15) is 0 Å². The molecule has 2 aromatic rings. The van der Waals surface area contributed by atoms with Gasteiger partial charge in [-0.25, -0.2) is 9.67 Å². The van der Waals surface area contributed by atoms with Crippen molar-refractivity contribution in [1.29, 1.82) is 0 Å². The van der Waals surface area contributed by atoms with Gasteiger partial charge in [-0.2, -0.15) is 5.10 Å². The van der Waals surface area contributed by atoms with Gasteiger partial charge in [0.05, 0.1) is 6.04 Å². The number of hydrogen-bond donors (Lipinski definition) is 2. The van der Waals surface area contributed by atoms with Crippen LogP contribution in [0.3, 0.4) is 0 Å². The maximum Gasteiger partial charge on any atom is 0.191 e. The average Bonchev–Trinajstić information content (AvgIpc) is 3.13. The summed E-state index contributed by atoms with van der Waals surface area (Å²) in [5, 5.41) is 12.4. The summed E-state index contributed by atoms with van der Waals surface area (Å²) < 4.78 is 7.65. The van der Waals surface area contributed by atoms with E-state index < -0.39 is 0 Å². The smallest absolute Gasteiger partial charge is 0.191 e. The van der Waals surface area contributed by atoms with Crippen LogP contribution in [0.5, 0.6) is 0 Å². The number of benzene rings is 1. The Balaban J connectivity index is 1.49. The fraction of sp³-hybridized carbons (Fsp3) is 0.571. The standard InChI is InChI=1S/C21H29ClN6O/c1-15-25-19-18(8-5-11-28(19)27-15)26-20(23-2)24-14-21(9-12-29-13-10-21)16-6-3-4-7-17(16)22/h3-4,6-7,18H,5,8-14H2,1-2H3,(H2,23,24,26). The summed E-state index contributed by atoms with van der Waals surface area (Å²) in [5.41, 5.74) is 1.11. The van der Waals surface area contributed by atoms with Crippen LogP contribution in [0.1, 0.15) is 48.9 Å². The van der Waals surface area contributed by atoms with Crippen molar-refractivity contribution in [3.63, 3.8) is 0 Å². The largest absolute Gasteiger partial charge is 0.381 e. The van der Waals surface area contributed by atoms with E-state index in [1.54, 1.807) is 7.05 Å². The van der Waals surface area contributed by atoms with Gasteiger partial charge >= 0.3 is 0 Å². The third-order valence-electron chi connectivity index (χ3n) is 6.00. The normalized spacial score (nSPS) is 21.5. The number of nitrogens with zero attached hydrogens (tertiary/aromatic N) is 4. The molecule has 29 heavy (non-hydrogen) atoms. The molecule has 1 aromatic carbocycles. The van der Waals surface area contributed by atoms with E-state index in [0.29, 0.717) is 0 Å². The number of guanidine groups is 1. The van der Waals surface area contributed by atoms with Gasteiger partial charge in [0.2, 0.25) is 0 Å². The summed E-state index contributed by atoms with van der Waals surface area (Å²) in [6.45, 7) is 5.09. The molecule has 156 valence electrons. The van der Waals surface area contributed by atoms with Crippen LogP contribution in [0.4, 0.5) is 0 Å². The number of aryl methyl sites for hydroxylation is 2. The van der Waals surface area contributed by atoms with Gasteiger partial charge in [0.1, 0.15) is 11.6 Å². The van der Waals surface area contributed by atoms with Crippen LogP contribution in [0.2, 0.25) is 5.02 Å². The number of ether oxygens (including phenoxy) is 1. The molecule has 1 atom stereocenters. The van der Waals surface area contributed by atoms with Crippen molar-refractivity contribution in [2.24, 2.45) is 4.99 Å². The van der Waals surface area contributed by atoms with Gasteiger partial charge < -0.3 is 15.4 Å². The first-order valence-electron chi connectivity index (χ1n) is 10.3. The highest BCUT2D eigenvalue weighted by Gasteiger charge is 2.36. The van der Waals surface area contributed by atoms with Gasteiger partial charge in [0.15, 0.2) is 5.96 Å². The summed E-state index contributed by atoms with van der Waals surface area (Å²) in [4.78, 5) is 9.08. The molecule has 8 heteroatoms. The van der Waals surface area contributed by atoms with Crippen LogP contribution in [0.25, 0.3) is 0 Å². The maximum absolute atomic E-state index is 6.58. The van der Waals surface area contributed by atoms with Crippen molar-refractivity contribution in [1.82, 2.24) is 25.4 Å². The van der Waals surface area contributed by atoms with Crippen LogP contribution in [0.15, 0.2) is 29.3 Å². The maximum atomic E-state index is 6.58. The lowest BCUT2D eigenvalue weighted by atomic mass is 9.74. The highest BCUT2D eigenvalue weighted by Crippen LogP contribution is 2.38. The zero-order chi connectivity index (χ0) is 20.3. The zero-order valence-corrected chi connectivity index (χ0v) is 17.9. The summed E-state index contributed by atoms with van der Waals surface area (Å²) in [6.07, 6.45) is 3.95. The molecule has 0 saturated carbocycles. The second-order valence-electron chi connectivity index (χ2n) is 7.88. The van der Waals surface area contributed by atoms with Crippen LogP contribution in [-0.2, 0) is 16.7 Å². The van der Waals surface area contributed by atoms with Gasteiger partial charge in [-0.05, 0) is 44.2 Å². The van der Waals surface area contributed by atoms with Crippen molar-refractivity contribution in [3.8, 4) is 0 Å². The van der Waals surface area contributed by atoms with E-state index in [-0.39, 0.29) is 11.5 Å². The Bertz CT molecular complexity index is 874. The van der Waals surface area contributed by atoms with Crippen LogP contribution >= 0.6 is 11.6 Å². The molecule has 0 aliphatic carbocycles. The number of halogens is 1. The molecule has 1 saturated heterocycles. The minimum absolute atomic E-state index is 0.0720. The van der Waals surface area contributed by atoms with Crippen molar-refractivity contribution in [2.45, 2.75) is 50.6 Å². The van der Waals surface area contributed by atoms with E-state index in [4.69, 9.17) is 16.3 Å². The molecule has 1 unspecified atom stereocenters. The Morgan fingerprint density at radius 1 is 1.34 bits per heavy atom. The monoisotopic (exact) mass is 416 g/mol. The molecule has 7 nitrogen and oxygen atoms in total. The summed E-state index contributed by atoms with van der Waals surface area (Å²) in [7, 11) is 1.81. The SMILES string of the molecule is CN=C(NCC1(c2ccccc2Cl)CCOCC1)NC1CCCn2nc(C)nc21. The molecule has 2 aliphatic rings. The summed E-state index contributed by atoms with van der Waals surface area (Å²) in [6, 6.07) is 8.26. The first kappa shape index (κ1) is 20.2. The minimum atomic E-state index is -0.0720. The van der Waals surface area contributed by atoms with Crippen molar-refractivity contribution < 1.29 is 4.74 Å². The highest BCUT2D eigenvalue weighted by molar-refractivity contribution is 6.31. The Morgan fingerprint density at radius 3 is 2.90 bits per heavy atom. The van der Waals surface area contributed by atoms with E-state index in [2.05, 4.69) is 37.8 Å². The van der Waals surface area contributed by atoms with Gasteiger partial charge in [-0.15, -0.1) is 0 Å². The second-order valence-corrected chi connectivity index (χ2v) is 8.29. The van der Waals surface area contributed by atoms with E-state index in [0.717, 1.165) is 74.6 Å². The molecule has 0 spiro atoms. The molecule has 0 amide bonds. The third kappa shape index (κ3) is 4.26. The van der Waals surface area contributed by atoms with E-state index in [1.165, 1.54) is 5.56 Å². The predicted octanol–water partition coefficient (Wildman–Crippen LogP) is 2.99. The second kappa shape index (κ2) is 8.71. The van der Waals surface area contributed by atoms with Crippen LogP contribution in [0, 0.1) is 6.92 Å². The summed E-state index contributed by atoms with van der Waals surface area (Å²) >= 11 is 6.58. The Morgan fingerprint density at radius 2 is 2.14 bits per heavy atom. The zero-order valence-electron chi connectivity index (χ0n) is 17.1. The van der Waals surface area contributed by atoms with Crippen molar-refractivity contribution >= 4 is 17.6 Å². The van der Waals surface area contributed by atoms with Gasteiger partial charge in [-0.1, -0.05) is 29.8 Å². The summed E-state index contributed by atoms with van der Waals surface area (Å²) in [5.74, 6) is 2.59. The first-order chi connectivity index (χ1) is 14.1. The Labute approximate surface area is 176 Å². The van der Waals surface area contributed by atoms with E-state index in [1.807, 2.05) is 23.7 Å². The average molecular weight is 417 g/mol. The molecule has 0 bridgehead atoms. The molecule has 2 aliphatic heterocycles. The fourth-order valence-corrected chi connectivity index (χ4v) is 4.75. The lowest BCUT2D eigenvalue weighted by molar-refractivity contribution is 0.0514. The molecular weight excluding hydrogens is 388 g/mol. The third-order valence-corrected chi connectivity index (χ3v) is 6.33. The molecule has 3 heterocycles. The quantitative estimate of drug-likeness (QED) is 0.592. The number of rotatable bonds is 4. The van der Waals surface area contributed by atoms with Crippen LogP contribution in [-0.4, -0.2) is 47.5 Å². The van der Waals surface area contributed by atoms with Crippen molar-refractivity contribution in [2.75, 3.05) is 26.8 Å². The highest BCUT2D eigenvalue weighted by atomic mass is 35.5. The molecule has 1 fully saturated rings. The van der Waals surface area contributed by atoms with Crippen LogP contribution < -0.4 is 10.6 Å². The van der Waals surface area contributed by atoms with Gasteiger partial charge in [0.25, 0.3) is 0 Å². The first-order valence-corrected chi connectivity index (χ1v) is 10.7. The number of aromatic nitrogens is 3. The van der Waals surface area contributed by atoms with Crippen molar-refractivity contribution in [3.05, 3.63) is 46.5 Å². The topological polar surface area (TPSA) is 76.4 Å². The lowest BCUT2D eigenvalue weighted by Crippen LogP contribution is -2.49. The number of nitrogens with one attached hydrogen (secondary N) is 2. The Hall–Kier alpha value is -2.12. The lowest BCUT2D eigenvalue weighted by Gasteiger charge is -2.39. The molecule has 0 radical (unpaired) electrons. The molecule has 1 aromatic heterocycles. The Kier molecular flexibility index (Phi) is 6.06. The van der Waals surface area contributed by atoms with Gasteiger partial charge in [-0.3, -0.25) is 4.99 Å².